The average Bonchev–Trinajstić information content (AvgIpc) is 2.62. The first-order valence-electron chi connectivity index (χ1n) is 29.3. The van der Waals surface area contributed by atoms with E-state index in [1.807, 2.05) is 0 Å². The lowest BCUT2D eigenvalue weighted by molar-refractivity contribution is 0.332. The first-order valence-corrected chi connectivity index (χ1v) is 29.3. The van der Waals surface area contributed by atoms with E-state index < -0.39 is 0 Å². The smallest absolute Gasteiger partial charge is 0.252 e. The lowest BCUT2D eigenvalue weighted by Gasteiger charge is -2.48. The number of benzene rings is 8. The van der Waals surface area contributed by atoms with Gasteiger partial charge >= 0.3 is 0 Å². The normalized spacial score (nSPS) is 17.6. The van der Waals surface area contributed by atoms with Gasteiger partial charge in [-0.25, -0.2) is 0 Å². The fraction of sp³-hybridized carbons (Fsp3) is 0.360. The summed E-state index contributed by atoms with van der Waals surface area (Å²) >= 11 is 0. The number of hydrogen-bond acceptors (Lipinski definition) is 2. The summed E-state index contributed by atoms with van der Waals surface area (Å²) in [5.74, 6) is 0. The second-order valence-electron chi connectivity index (χ2n) is 29.2. The van der Waals surface area contributed by atoms with Crippen molar-refractivity contribution < 1.29 is 0 Å². The van der Waals surface area contributed by atoms with Crippen LogP contribution in [0.2, 0.25) is 0 Å². The summed E-state index contributed by atoms with van der Waals surface area (Å²) in [5, 5.41) is 0. The Kier molecular flexibility index (Phi) is 11.8. The van der Waals surface area contributed by atoms with Crippen LogP contribution in [0.3, 0.4) is 0 Å². The molecule has 0 amide bonds. The third-order valence-electron chi connectivity index (χ3n) is 19.6. The molecule has 4 aliphatic rings. The summed E-state index contributed by atoms with van der Waals surface area (Å²) in [5.41, 5.74) is 27.6. The molecule has 0 N–H and O–H groups in total. The lowest BCUT2D eigenvalue weighted by atomic mass is 9.33. The van der Waals surface area contributed by atoms with Gasteiger partial charge in [-0.05, 0) is 190 Å². The average molecular weight is 1020 g/mol. The predicted octanol–water partition coefficient (Wildman–Crippen LogP) is 18.7. The quantitative estimate of drug-likeness (QED) is 0.153. The van der Waals surface area contributed by atoms with Gasteiger partial charge in [-0.1, -0.05) is 220 Å². The zero-order valence-electron chi connectivity index (χ0n) is 49.9. The van der Waals surface area contributed by atoms with Gasteiger partial charge in [-0.3, -0.25) is 0 Å². The van der Waals surface area contributed by atoms with E-state index in [2.05, 4.69) is 284 Å². The number of hydrogen-bond donors (Lipinski definition) is 0. The molecule has 0 saturated heterocycles. The molecule has 0 aromatic heterocycles. The summed E-state index contributed by atoms with van der Waals surface area (Å²) in [6, 6.07) is 64.5. The molecule has 0 bridgehead atoms. The molecule has 0 saturated carbocycles. The molecule has 0 unspecified atom stereocenters. The summed E-state index contributed by atoms with van der Waals surface area (Å²) in [4.78, 5) is 5.45. The van der Waals surface area contributed by atoms with E-state index in [1.165, 1.54) is 130 Å². The van der Waals surface area contributed by atoms with Gasteiger partial charge in [0.25, 0.3) is 6.71 Å². The molecule has 0 spiro atoms. The monoisotopic (exact) mass is 1020 g/mol. The van der Waals surface area contributed by atoms with Crippen LogP contribution in [0, 0.1) is 0 Å². The lowest BCUT2D eigenvalue weighted by Crippen LogP contribution is -2.62. The molecular formula is C75H83BN2. The van der Waals surface area contributed by atoms with Crippen molar-refractivity contribution in [3.63, 3.8) is 0 Å². The Morgan fingerprint density at radius 2 is 0.859 bits per heavy atom. The van der Waals surface area contributed by atoms with Crippen molar-refractivity contribution in [2.24, 2.45) is 0 Å². The van der Waals surface area contributed by atoms with Gasteiger partial charge in [0.1, 0.15) is 0 Å². The van der Waals surface area contributed by atoms with Gasteiger partial charge in [-0.2, -0.15) is 0 Å². The van der Waals surface area contributed by atoms with Gasteiger partial charge in [-0.15, -0.1) is 0 Å². The van der Waals surface area contributed by atoms with E-state index in [0.29, 0.717) is 0 Å². The Morgan fingerprint density at radius 3 is 1.49 bits per heavy atom. The standard InChI is InChI=1S/C75H83BN2/c1-69(2,3)52-31-35-63(56(41-52)50-27-23-26-49(40-50)48-24-19-17-20-25-48)78-64-42-53(75(15,16)51-28-21-18-22-29-51)30-34-61(64)76-62-46-59-60(74(13,14)39-38-73(59,11)12)47-65(62)77(66-43-54(70(4,5)6)44-67(78)68(66)76)55-32-33-57-58(45-55)72(9,10)37-36-71(57,7)8/h17-35,40-47H,36-39H2,1-16H3. The highest BCUT2D eigenvalue weighted by atomic mass is 15.2. The Balaban J connectivity index is 1.22. The van der Waals surface area contributed by atoms with E-state index in [4.69, 9.17) is 0 Å². The molecule has 2 aliphatic heterocycles. The van der Waals surface area contributed by atoms with Crippen molar-refractivity contribution in [2.75, 3.05) is 9.80 Å². The van der Waals surface area contributed by atoms with Crippen LogP contribution in [0.25, 0.3) is 22.3 Å². The summed E-state index contributed by atoms with van der Waals surface area (Å²) in [6.07, 6.45) is 4.68. The molecule has 396 valence electrons. The fourth-order valence-electron chi connectivity index (χ4n) is 14.1. The molecule has 0 fully saturated rings. The number of rotatable bonds is 6. The Morgan fingerprint density at radius 1 is 0.346 bits per heavy atom. The zero-order valence-corrected chi connectivity index (χ0v) is 49.9. The number of fused-ring (bicyclic) bond motifs is 6. The molecule has 8 aromatic rings. The van der Waals surface area contributed by atoms with Crippen LogP contribution < -0.4 is 26.2 Å². The highest BCUT2D eigenvalue weighted by Gasteiger charge is 2.48. The van der Waals surface area contributed by atoms with Crippen LogP contribution in [0.4, 0.5) is 34.1 Å². The van der Waals surface area contributed by atoms with Gasteiger partial charge in [0.05, 0.1) is 5.69 Å². The first-order chi connectivity index (χ1) is 36.7. The first kappa shape index (κ1) is 52.1. The third-order valence-corrected chi connectivity index (χ3v) is 19.6. The van der Waals surface area contributed by atoms with Crippen LogP contribution in [0.5, 0.6) is 0 Å². The topological polar surface area (TPSA) is 6.48 Å². The molecule has 2 nitrogen and oxygen atoms in total. The maximum atomic E-state index is 2.73. The maximum absolute atomic E-state index is 2.73. The minimum absolute atomic E-state index is 0.0201. The molecule has 3 heteroatoms. The van der Waals surface area contributed by atoms with Crippen molar-refractivity contribution in [1.82, 2.24) is 0 Å². The van der Waals surface area contributed by atoms with Gasteiger partial charge in [0.15, 0.2) is 0 Å². The largest absolute Gasteiger partial charge is 0.311 e. The minimum Gasteiger partial charge on any atom is -0.311 e. The fourth-order valence-corrected chi connectivity index (χ4v) is 14.1. The second-order valence-corrected chi connectivity index (χ2v) is 29.2. The number of nitrogens with zero attached hydrogens (tertiary/aromatic N) is 2. The SMILES string of the molecule is CC(C)(C)c1ccc(N2c3cc(C(C)(C)c4ccccc4)ccc3B3c4cc5c(cc4N(c4ccc6c(c4)C(C)(C)CCC6(C)C)c4cc(C(C)(C)C)cc2c43)C(C)(C)CCC5(C)C)c(-c2cccc(-c3ccccc3)c2)c1. The molecule has 78 heavy (non-hydrogen) atoms. The maximum Gasteiger partial charge on any atom is 0.252 e. The van der Waals surface area contributed by atoms with Gasteiger partial charge in [0.2, 0.25) is 0 Å². The van der Waals surface area contributed by atoms with E-state index >= 15 is 0 Å². The van der Waals surface area contributed by atoms with Crippen LogP contribution >= 0.6 is 0 Å². The summed E-state index contributed by atoms with van der Waals surface area (Å²) in [6.45, 7) is 38.9. The van der Waals surface area contributed by atoms with E-state index in [0.717, 1.165) is 12.8 Å². The van der Waals surface area contributed by atoms with Crippen molar-refractivity contribution in [3.8, 4) is 22.3 Å². The van der Waals surface area contributed by atoms with Crippen molar-refractivity contribution in [2.45, 2.75) is 174 Å². The summed E-state index contributed by atoms with van der Waals surface area (Å²) in [7, 11) is 0. The zero-order chi connectivity index (χ0) is 55.3. The van der Waals surface area contributed by atoms with E-state index in [9.17, 15) is 0 Å². The highest BCUT2D eigenvalue weighted by Crippen LogP contribution is 2.54. The van der Waals surface area contributed by atoms with E-state index in [-0.39, 0.29) is 44.6 Å². The molecule has 0 radical (unpaired) electrons. The second kappa shape index (κ2) is 17.7. The molecule has 2 aliphatic carbocycles. The molecule has 2 heterocycles. The minimum atomic E-state index is -0.270. The van der Waals surface area contributed by atoms with Crippen molar-refractivity contribution in [3.05, 3.63) is 208 Å². The van der Waals surface area contributed by atoms with Crippen LogP contribution in [-0.2, 0) is 37.9 Å². The molecule has 0 atom stereocenters. The van der Waals surface area contributed by atoms with Gasteiger partial charge in [0, 0.05) is 39.4 Å². The Hall–Kier alpha value is -6.58. The summed E-state index contributed by atoms with van der Waals surface area (Å²) < 4.78 is 0. The van der Waals surface area contributed by atoms with Crippen molar-refractivity contribution in [1.29, 1.82) is 0 Å². The Labute approximate surface area is 469 Å². The van der Waals surface area contributed by atoms with Crippen LogP contribution in [-0.4, -0.2) is 6.71 Å². The van der Waals surface area contributed by atoms with E-state index in [1.54, 1.807) is 0 Å². The van der Waals surface area contributed by atoms with Crippen LogP contribution in [0.15, 0.2) is 164 Å². The highest BCUT2D eigenvalue weighted by molar-refractivity contribution is 7.00. The third kappa shape index (κ3) is 8.42. The predicted molar refractivity (Wildman–Crippen MR) is 338 cm³/mol. The Bertz CT molecular complexity index is 3690. The molecule has 8 aromatic carbocycles. The van der Waals surface area contributed by atoms with Crippen LogP contribution in [0.1, 0.15) is 181 Å². The van der Waals surface area contributed by atoms with Gasteiger partial charge < -0.3 is 9.80 Å². The van der Waals surface area contributed by atoms with Crippen molar-refractivity contribution >= 4 is 57.2 Å². The molecule has 12 rings (SSSR count). The number of anilines is 6. The molecular weight excluding hydrogens is 940 g/mol.